The van der Waals surface area contributed by atoms with Crippen LogP contribution < -0.4 is 10.8 Å². The van der Waals surface area contributed by atoms with Crippen LogP contribution in [0.4, 0.5) is 5.69 Å². The van der Waals surface area contributed by atoms with Crippen LogP contribution in [0.2, 0.25) is 0 Å². The molecular weight excluding hydrogens is 260 g/mol. The lowest BCUT2D eigenvalue weighted by Crippen LogP contribution is -2.14. The SMILES string of the molecule is CN=Nc1c2[nH]n(C)nc-2/c(=N\NC)c2nn(C)nc12. The van der Waals surface area contributed by atoms with Crippen molar-refractivity contribution in [3.05, 3.63) is 5.36 Å². The third kappa shape index (κ3) is 1.65. The van der Waals surface area contributed by atoms with Crippen LogP contribution >= 0.6 is 0 Å². The Balaban J connectivity index is 2.59. The van der Waals surface area contributed by atoms with Gasteiger partial charge < -0.3 is 5.43 Å². The Hall–Kier alpha value is -2.78. The molecule has 3 rings (SSSR count). The zero-order valence-corrected chi connectivity index (χ0v) is 11.6. The van der Waals surface area contributed by atoms with E-state index in [9.17, 15) is 0 Å². The maximum Gasteiger partial charge on any atom is 0.145 e. The third-order valence-corrected chi connectivity index (χ3v) is 2.81. The van der Waals surface area contributed by atoms with Crippen LogP contribution in [0.5, 0.6) is 0 Å². The smallest absolute Gasteiger partial charge is 0.145 e. The molecule has 104 valence electrons. The molecule has 0 saturated heterocycles. The second-order valence-corrected chi connectivity index (χ2v) is 4.18. The second kappa shape index (κ2) is 4.40. The number of fused-ring (bicyclic) bond motifs is 2. The molecule has 1 aliphatic carbocycles. The van der Waals surface area contributed by atoms with Gasteiger partial charge in [-0.2, -0.15) is 35.4 Å². The summed E-state index contributed by atoms with van der Waals surface area (Å²) in [5.41, 5.74) is 6.02. The van der Waals surface area contributed by atoms with E-state index >= 15 is 0 Å². The topological polar surface area (TPSA) is 113 Å². The maximum absolute atomic E-state index is 4.38. The van der Waals surface area contributed by atoms with Gasteiger partial charge in [0, 0.05) is 28.2 Å². The molecule has 20 heavy (non-hydrogen) atoms. The molecule has 10 heteroatoms. The Kier molecular flexibility index (Phi) is 2.70. The number of aryl methyl sites for hydroxylation is 2. The van der Waals surface area contributed by atoms with Gasteiger partial charge in [-0.25, -0.2) is 4.80 Å². The highest BCUT2D eigenvalue weighted by Gasteiger charge is 2.23. The molecule has 1 aliphatic heterocycles. The van der Waals surface area contributed by atoms with Crippen LogP contribution in [0, 0.1) is 0 Å². The molecule has 2 N–H and O–H groups in total. The zero-order chi connectivity index (χ0) is 14.3. The average Bonchev–Trinajstić information content (AvgIpc) is 2.96. The van der Waals surface area contributed by atoms with Crippen molar-refractivity contribution in [1.29, 1.82) is 0 Å². The normalized spacial score (nSPS) is 13.1. The molecule has 0 aromatic carbocycles. The van der Waals surface area contributed by atoms with E-state index in [1.807, 2.05) is 0 Å². The number of hydrogen-bond donors (Lipinski definition) is 2. The molecule has 0 saturated carbocycles. The van der Waals surface area contributed by atoms with Gasteiger partial charge in [0.2, 0.25) is 0 Å². The Morgan fingerprint density at radius 3 is 2.60 bits per heavy atom. The molecular formula is C10H14N10. The third-order valence-electron chi connectivity index (χ3n) is 2.81. The molecule has 0 unspecified atom stereocenters. The van der Waals surface area contributed by atoms with Gasteiger partial charge in [-0.1, -0.05) is 0 Å². The Bertz CT molecular complexity index is 832. The molecule has 1 aromatic rings. The van der Waals surface area contributed by atoms with Crippen molar-refractivity contribution in [3.63, 3.8) is 0 Å². The summed E-state index contributed by atoms with van der Waals surface area (Å²) in [6, 6.07) is 0. The molecule has 0 radical (unpaired) electrons. The van der Waals surface area contributed by atoms with E-state index in [4.69, 9.17) is 0 Å². The molecule has 2 heterocycles. The molecule has 0 atom stereocenters. The Morgan fingerprint density at radius 1 is 1.15 bits per heavy atom. The Labute approximate surface area is 113 Å². The maximum atomic E-state index is 4.38. The minimum Gasteiger partial charge on any atom is -0.312 e. The van der Waals surface area contributed by atoms with E-state index in [1.165, 1.54) is 4.80 Å². The van der Waals surface area contributed by atoms with Crippen molar-refractivity contribution in [2.75, 3.05) is 14.1 Å². The first-order valence-electron chi connectivity index (χ1n) is 5.96. The lowest BCUT2D eigenvalue weighted by atomic mass is 10.1. The van der Waals surface area contributed by atoms with Crippen LogP contribution in [0.1, 0.15) is 0 Å². The van der Waals surface area contributed by atoms with Gasteiger partial charge in [-0.05, 0) is 0 Å². The highest BCUT2D eigenvalue weighted by molar-refractivity contribution is 5.95. The fourth-order valence-electron chi connectivity index (χ4n) is 2.14. The van der Waals surface area contributed by atoms with Crippen LogP contribution in [0.25, 0.3) is 22.4 Å². The second-order valence-electron chi connectivity index (χ2n) is 4.18. The molecule has 2 aliphatic rings. The van der Waals surface area contributed by atoms with Crippen LogP contribution in [-0.4, -0.2) is 44.1 Å². The van der Waals surface area contributed by atoms with E-state index in [0.717, 1.165) is 5.69 Å². The van der Waals surface area contributed by atoms with E-state index in [1.54, 1.807) is 33.0 Å². The summed E-state index contributed by atoms with van der Waals surface area (Å²) in [7, 11) is 6.87. The van der Waals surface area contributed by atoms with Gasteiger partial charge in [0.05, 0.1) is 0 Å². The number of aromatic nitrogens is 6. The number of benzene rings is 1. The van der Waals surface area contributed by atoms with Gasteiger partial charge in [0.25, 0.3) is 0 Å². The summed E-state index contributed by atoms with van der Waals surface area (Å²) in [4.78, 5) is 3.07. The fourth-order valence-corrected chi connectivity index (χ4v) is 2.14. The minimum atomic E-state index is 0.605. The van der Waals surface area contributed by atoms with E-state index in [2.05, 4.69) is 41.2 Å². The van der Waals surface area contributed by atoms with Gasteiger partial charge in [0.15, 0.2) is 0 Å². The fraction of sp³-hybridized carbons (Fsp3) is 0.400. The van der Waals surface area contributed by atoms with Gasteiger partial charge >= 0.3 is 0 Å². The summed E-state index contributed by atoms with van der Waals surface area (Å²) >= 11 is 0. The number of nitrogens with zero attached hydrogens (tertiary/aromatic N) is 8. The first-order chi connectivity index (χ1) is 9.65. The summed E-state index contributed by atoms with van der Waals surface area (Å²) in [6.45, 7) is 0. The average molecular weight is 274 g/mol. The predicted molar refractivity (Wildman–Crippen MR) is 71.3 cm³/mol. The molecule has 0 bridgehead atoms. The number of azo groups is 1. The van der Waals surface area contributed by atoms with Crippen molar-refractivity contribution in [1.82, 2.24) is 35.4 Å². The van der Waals surface area contributed by atoms with E-state index in [-0.39, 0.29) is 0 Å². The van der Waals surface area contributed by atoms with Gasteiger partial charge in [-0.15, -0.1) is 0 Å². The summed E-state index contributed by atoms with van der Waals surface area (Å²) in [5, 5.41) is 29.0. The number of nitrogens with one attached hydrogen (secondary N) is 2. The number of H-pyrrole nitrogens is 1. The first-order valence-corrected chi connectivity index (χ1v) is 5.96. The van der Waals surface area contributed by atoms with Gasteiger partial charge in [-0.3, -0.25) is 5.10 Å². The Morgan fingerprint density at radius 2 is 1.90 bits per heavy atom. The van der Waals surface area contributed by atoms with Gasteiger partial charge in [0.1, 0.15) is 33.5 Å². The highest BCUT2D eigenvalue weighted by Crippen LogP contribution is 2.32. The highest BCUT2D eigenvalue weighted by atomic mass is 15.5. The number of rotatable bonds is 2. The quantitative estimate of drug-likeness (QED) is 0.501. The van der Waals surface area contributed by atoms with E-state index in [0.29, 0.717) is 27.8 Å². The summed E-state index contributed by atoms with van der Waals surface area (Å²) in [6.07, 6.45) is 0. The standard InChI is InChI=1S/C10H14N10/c1-11-13-5-7-9(17-19(3)15-7)6(14-12-2)10-8(5)16-20(4)18-10/h11,17H,1-4H3/b13-5+,14-12?. The van der Waals surface area contributed by atoms with Crippen LogP contribution in [0.15, 0.2) is 15.3 Å². The number of hydrogen-bond acceptors (Lipinski definition) is 7. The lowest BCUT2D eigenvalue weighted by Gasteiger charge is -2.01. The number of aromatic amines is 1. The lowest BCUT2D eigenvalue weighted by molar-refractivity contribution is 0.658. The van der Waals surface area contributed by atoms with Crippen LogP contribution in [0.3, 0.4) is 0 Å². The van der Waals surface area contributed by atoms with Crippen molar-refractivity contribution in [2.24, 2.45) is 29.4 Å². The molecule has 0 spiro atoms. The molecule has 0 amide bonds. The summed E-state index contributed by atoms with van der Waals surface area (Å²) in [5.74, 6) is 0. The van der Waals surface area contributed by atoms with Crippen molar-refractivity contribution in [3.8, 4) is 11.4 Å². The zero-order valence-electron chi connectivity index (χ0n) is 11.6. The van der Waals surface area contributed by atoms with Crippen LogP contribution in [-0.2, 0) is 14.1 Å². The van der Waals surface area contributed by atoms with E-state index < -0.39 is 0 Å². The molecule has 1 aromatic heterocycles. The first kappa shape index (κ1) is 12.3. The van der Waals surface area contributed by atoms with Crippen molar-refractivity contribution >= 4 is 16.7 Å². The molecule has 0 fully saturated rings. The predicted octanol–water partition coefficient (Wildman–Crippen LogP) is -0.117. The molecule has 10 nitrogen and oxygen atoms in total. The monoisotopic (exact) mass is 274 g/mol. The minimum absolute atomic E-state index is 0.605. The summed E-state index contributed by atoms with van der Waals surface area (Å²) < 4.78 is 0. The van der Waals surface area contributed by atoms with Crippen molar-refractivity contribution < 1.29 is 0 Å². The largest absolute Gasteiger partial charge is 0.312 e. The van der Waals surface area contributed by atoms with Crippen molar-refractivity contribution in [2.45, 2.75) is 0 Å².